The molecular formula is C24H26F3N3O2. The maximum absolute atomic E-state index is 13.6. The summed E-state index contributed by atoms with van der Waals surface area (Å²) in [6, 6.07) is 14.1. The quantitative estimate of drug-likeness (QED) is 0.615. The van der Waals surface area contributed by atoms with Crippen molar-refractivity contribution in [2.75, 3.05) is 18.0 Å². The minimum atomic E-state index is -4.47. The van der Waals surface area contributed by atoms with Crippen molar-refractivity contribution < 1.29 is 22.7 Å². The minimum Gasteiger partial charge on any atom is -0.444 e. The lowest BCUT2D eigenvalue weighted by molar-refractivity contribution is -0.138. The fraction of sp³-hybridized carbons (Fsp3) is 0.417. The number of ether oxygens (including phenoxy) is 1. The molecule has 1 amide bonds. The number of likely N-dealkylation sites (tertiary alicyclic amines) is 1. The third-order valence-corrected chi connectivity index (χ3v) is 5.25. The van der Waals surface area contributed by atoms with E-state index >= 15 is 0 Å². The Balaban J connectivity index is 1.90. The SMILES string of the molecule is CC(C)(C)OC(=O)N1CC[C@H](N(Cc2ccccc2C(F)(F)F)c2ccc(C#N)cc2)C1. The fourth-order valence-corrected chi connectivity index (χ4v) is 3.77. The standard InChI is InChI=1S/C24H26F3N3O2/c1-23(2,3)32-22(31)29-13-12-20(16-29)30(19-10-8-17(14-28)9-11-19)15-18-6-4-5-7-21(18)24(25,26)27/h4-11,20H,12-13,15-16H2,1-3H3/t20-/m0/s1. The summed E-state index contributed by atoms with van der Waals surface area (Å²) in [7, 11) is 0. The van der Waals surface area contributed by atoms with Gasteiger partial charge in [0.25, 0.3) is 0 Å². The molecule has 0 N–H and O–H groups in total. The second kappa shape index (κ2) is 9.11. The van der Waals surface area contributed by atoms with Crippen LogP contribution in [0.5, 0.6) is 0 Å². The van der Waals surface area contributed by atoms with Gasteiger partial charge >= 0.3 is 12.3 Å². The van der Waals surface area contributed by atoms with Gasteiger partial charge in [-0.25, -0.2) is 4.79 Å². The molecule has 0 bridgehead atoms. The number of hydrogen-bond donors (Lipinski definition) is 0. The van der Waals surface area contributed by atoms with Crippen LogP contribution in [0.4, 0.5) is 23.7 Å². The molecular weight excluding hydrogens is 419 g/mol. The van der Waals surface area contributed by atoms with Gasteiger partial charge in [-0.2, -0.15) is 18.4 Å². The summed E-state index contributed by atoms with van der Waals surface area (Å²) in [5, 5.41) is 9.08. The van der Waals surface area contributed by atoms with Gasteiger partial charge in [-0.3, -0.25) is 0 Å². The van der Waals surface area contributed by atoms with E-state index in [9.17, 15) is 18.0 Å². The predicted molar refractivity (Wildman–Crippen MR) is 115 cm³/mol. The molecule has 1 atom stereocenters. The molecule has 1 aliphatic heterocycles. The van der Waals surface area contributed by atoms with Crippen LogP contribution in [0.1, 0.15) is 43.9 Å². The molecule has 0 aliphatic carbocycles. The maximum atomic E-state index is 13.6. The van der Waals surface area contributed by atoms with Crippen LogP contribution in [-0.2, 0) is 17.5 Å². The highest BCUT2D eigenvalue weighted by Crippen LogP contribution is 2.34. The molecule has 0 aromatic heterocycles. The van der Waals surface area contributed by atoms with Crippen LogP contribution in [-0.4, -0.2) is 35.7 Å². The summed E-state index contributed by atoms with van der Waals surface area (Å²) < 4.78 is 46.2. The molecule has 0 unspecified atom stereocenters. The fourth-order valence-electron chi connectivity index (χ4n) is 3.77. The van der Waals surface area contributed by atoms with Gasteiger partial charge in [-0.05, 0) is 63.1 Å². The average Bonchev–Trinajstić information content (AvgIpc) is 3.21. The zero-order valence-corrected chi connectivity index (χ0v) is 18.3. The molecule has 2 aromatic carbocycles. The number of nitrogens with zero attached hydrogens (tertiary/aromatic N) is 3. The minimum absolute atomic E-state index is 0.0222. The first-order valence-corrected chi connectivity index (χ1v) is 10.4. The van der Waals surface area contributed by atoms with Crippen molar-refractivity contribution in [1.82, 2.24) is 4.90 Å². The molecule has 1 fully saturated rings. The first kappa shape index (κ1) is 23.5. The smallest absolute Gasteiger partial charge is 0.416 e. The number of amides is 1. The number of halogens is 3. The van der Waals surface area contributed by atoms with Crippen molar-refractivity contribution >= 4 is 11.8 Å². The van der Waals surface area contributed by atoms with Gasteiger partial charge in [0, 0.05) is 31.4 Å². The van der Waals surface area contributed by atoms with Gasteiger partial charge in [0.2, 0.25) is 0 Å². The van der Waals surface area contributed by atoms with E-state index in [0.717, 1.165) is 6.07 Å². The van der Waals surface area contributed by atoms with E-state index in [2.05, 4.69) is 0 Å². The molecule has 0 radical (unpaired) electrons. The first-order valence-electron chi connectivity index (χ1n) is 10.4. The van der Waals surface area contributed by atoms with Crippen LogP contribution in [0.3, 0.4) is 0 Å². The number of nitriles is 1. The molecule has 0 spiro atoms. The Labute approximate surface area is 186 Å². The van der Waals surface area contributed by atoms with E-state index in [-0.39, 0.29) is 18.2 Å². The van der Waals surface area contributed by atoms with E-state index < -0.39 is 23.4 Å². The molecule has 0 saturated carbocycles. The lowest BCUT2D eigenvalue weighted by atomic mass is 10.0. The van der Waals surface area contributed by atoms with Gasteiger partial charge in [0.15, 0.2) is 0 Å². The first-order chi connectivity index (χ1) is 15.0. The Morgan fingerprint density at radius 1 is 1.16 bits per heavy atom. The number of alkyl halides is 3. The highest BCUT2D eigenvalue weighted by Gasteiger charge is 2.36. The monoisotopic (exact) mass is 445 g/mol. The zero-order chi connectivity index (χ0) is 23.5. The highest BCUT2D eigenvalue weighted by molar-refractivity contribution is 5.69. The maximum Gasteiger partial charge on any atom is 0.416 e. The lowest BCUT2D eigenvalue weighted by Crippen LogP contribution is -2.40. The molecule has 5 nitrogen and oxygen atoms in total. The topological polar surface area (TPSA) is 56.6 Å². The summed E-state index contributed by atoms with van der Waals surface area (Å²) in [6.45, 7) is 6.17. The van der Waals surface area contributed by atoms with Crippen molar-refractivity contribution in [2.45, 2.75) is 51.6 Å². The Kier molecular flexibility index (Phi) is 6.68. The lowest BCUT2D eigenvalue weighted by Gasteiger charge is -2.32. The van der Waals surface area contributed by atoms with Gasteiger partial charge in [-0.15, -0.1) is 0 Å². The third kappa shape index (κ3) is 5.72. The Morgan fingerprint density at radius 3 is 2.41 bits per heavy atom. The molecule has 32 heavy (non-hydrogen) atoms. The van der Waals surface area contributed by atoms with Crippen LogP contribution in [0, 0.1) is 11.3 Å². The Bertz CT molecular complexity index is 991. The largest absolute Gasteiger partial charge is 0.444 e. The third-order valence-electron chi connectivity index (χ3n) is 5.25. The Hall–Kier alpha value is -3.21. The van der Waals surface area contributed by atoms with Crippen LogP contribution < -0.4 is 4.90 Å². The van der Waals surface area contributed by atoms with Crippen LogP contribution in [0.2, 0.25) is 0 Å². The number of carbonyl (C=O) groups is 1. The van der Waals surface area contributed by atoms with Crippen LogP contribution >= 0.6 is 0 Å². The molecule has 8 heteroatoms. The van der Waals surface area contributed by atoms with Crippen molar-refractivity contribution in [3.8, 4) is 6.07 Å². The van der Waals surface area contributed by atoms with Gasteiger partial charge in [-0.1, -0.05) is 18.2 Å². The van der Waals surface area contributed by atoms with Crippen molar-refractivity contribution in [2.24, 2.45) is 0 Å². The van der Waals surface area contributed by atoms with Gasteiger partial charge < -0.3 is 14.5 Å². The Morgan fingerprint density at radius 2 is 1.81 bits per heavy atom. The summed E-state index contributed by atoms with van der Waals surface area (Å²) in [4.78, 5) is 16.0. The van der Waals surface area contributed by atoms with Gasteiger partial charge in [0.1, 0.15) is 5.60 Å². The number of rotatable bonds is 4. The van der Waals surface area contributed by atoms with E-state index in [0.29, 0.717) is 30.8 Å². The second-order valence-corrected chi connectivity index (χ2v) is 8.81. The zero-order valence-electron chi connectivity index (χ0n) is 18.3. The molecule has 2 aromatic rings. The normalized spacial score (nSPS) is 16.5. The molecule has 1 saturated heterocycles. The molecule has 1 heterocycles. The van der Waals surface area contributed by atoms with E-state index in [1.54, 1.807) is 56.0 Å². The van der Waals surface area contributed by atoms with Crippen LogP contribution in [0.15, 0.2) is 48.5 Å². The summed E-state index contributed by atoms with van der Waals surface area (Å²) in [6.07, 6.45) is -4.31. The summed E-state index contributed by atoms with van der Waals surface area (Å²) >= 11 is 0. The summed E-state index contributed by atoms with van der Waals surface area (Å²) in [5.74, 6) is 0. The highest BCUT2D eigenvalue weighted by atomic mass is 19.4. The van der Waals surface area contributed by atoms with E-state index in [1.165, 1.54) is 12.1 Å². The number of hydrogen-bond acceptors (Lipinski definition) is 4. The molecule has 1 aliphatic rings. The number of benzene rings is 2. The molecule has 3 rings (SSSR count). The van der Waals surface area contributed by atoms with E-state index in [1.807, 2.05) is 11.0 Å². The second-order valence-electron chi connectivity index (χ2n) is 8.81. The summed E-state index contributed by atoms with van der Waals surface area (Å²) in [5.41, 5.74) is -0.00268. The molecule has 170 valence electrons. The van der Waals surface area contributed by atoms with E-state index in [4.69, 9.17) is 10.00 Å². The van der Waals surface area contributed by atoms with Gasteiger partial charge in [0.05, 0.1) is 17.2 Å². The predicted octanol–water partition coefficient (Wildman–Crippen LogP) is 5.59. The van der Waals surface area contributed by atoms with Crippen molar-refractivity contribution in [3.63, 3.8) is 0 Å². The number of carbonyl (C=O) groups excluding carboxylic acids is 1. The van der Waals surface area contributed by atoms with Crippen LogP contribution in [0.25, 0.3) is 0 Å². The van der Waals surface area contributed by atoms with Crippen molar-refractivity contribution in [3.05, 3.63) is 65.2 Å². The number of anilines is 1. The van der Waals surface area contributed by atoms with Crippen molar-refractivity contribution in [1.29, 1.82) is 5.26 Å². The average molecular weight is 445 g/mol.